The van der Waals surface area contributed by atoms with E-state index in [2.05, 4.69) is 5.32 Å². The lowest BCUT2D eigenvalue weighted by Gasteiger charge is -2.18. The number of rotatable bonds is 5. The number of nitrogens with one attached hydrogen (secondary N) is 1. The fourth-order valence-electron chi connectivity index (χ4n) is 3.17. The second kappa shape index (κ2) is 7.60. The molecule has 0 atom stereocenters. The minimum atomic E-state index is -0.161. The first kappa shape index (κ1) is 18.0. The van der Waals surface area contributed by atoms with Crippen molar-refractivity contribution in [2.75, 3.05) is 18.5 Å². The molecule has 2 aromatic rings. The minimum Gasteiger partial charge on any atom is -0.486 e. The van der Waals surface area contributed by atoms with E-state index >= 15 is 0 Å². The Morgan fingerprint density at radius 2 is 1.58 bits per heavy atom. The van der Waals surface area contributed by atoms with Gasteiger partial charge in [0.05, 0.1) is 0 Å². The van der Waals surface area contributed by atoms with Crippen molar-refractivity contribution in [1.82, 2.24) is 0 Å². The average molecular weight is 353 g/mol. The Kier molecular flexibility index (Phi) is 5.26. The van der Waals surface area contributed by atoms with E-state index < -0.39 is 0 Å². The van der Waals surface area contributed by atoms with Crippen LogP contribution in [0.5, 0.6) is 11.5 Å². The van der Waals surface area contributed by atoms with Crippen molar-refractivity contribution < 1.29 is 19.1 Å². The van der Waals surface area contributed by atoms with Gasteiger partial charge in [-0.1, -0.05) is 17.7 Å². The fraction of sp³-hybridized carbons (Fsp3) is 0.333. The Morgan fingerprint density at radius 3 is 2.27 bits per heavy atom. The summed E-state index contributed by atoms with van der Waals surface area (Å²) in [5.41, 5.74) is 4.56. The second-order valence-corrected chi connectivity index (χ2v) is 6.60. The Bertz CT molecular complexity index is 834. The van der Waals surface area contributed by atoms with Gasteiger partial charge in [-0.15, -0.1) is 0 Å². The molecule has 1 N–H and O–H groups in total. The predicted octanol–water partition coefficient (Wildman–Crippen LogP) is 3.98. The highest BCUT2D eigenvalue weighted by Crippen LogP contribution is 2.31. The number of fused-ring (bicyclic) bond motifs is 1. The molecule has 0 fully saturated rings. The number of ketones is 1. The van der Waals surface area contributed by atoms with Crippen LogP contribution in [0.25, 0.3) is 0 Å². The third-order valence-corrected chi connectivity index (χ3v) is 4.38. The lowest BCUT2D eigenvalue weighted by molar-refractivity contribution is -0.116. The zero-order valence-corrected chi connectivity index (χ0v) is 15.3. The third kappa shape index (κ3) is 4.04. The number of carbonyl (C=O) groups excluding carboxylic acids is 2. The monoisotopic (exact) mass is 353 g/mol. The Balaban J connectivity index is 1.60. The largest absolute Gasteiger partial charge is 0.486 e. The van der Waals surface area contributed by atoms with Gasteiger partial charge in [0.1, 0.15) is 13.2 Å². The lowest BCUT2D eigenvalue weighted by Crippen LogP contribution is -2.17. The van der Waals surface area contributed by atoms with E-state index in [1.54, 1.807) is 18.2 Å². The van der Waals surface area contributed by atoms with Gasteiger partial charge >= 0.3 is 0 Å². The molecule has 136 valence electrons. The van der Waals surface area contributed by atoms with Crippen LogP contribution in [0.1, 0.15) is 39.9 Å². The Labute approximate surface area is 153 Å². The summed E-state index contributed by atoms with van der Waals surface area (Å²) in [6.07, 6.45) is 0.287. The van der Waals surface area contributed by atoms with E-state index in [1.807, 2.05) is 32.9 Å². The summed E-state index contributed by atoms with van der Waals surface area (Å²) in [6.45, 7) is 6.95. The molecule has 0 unspecified atom stereocenters. The first-order chi connectivity index (χ1) is 12.4. The summed E-state index contributed by atoms with van der Waals surface area (Å²) in [7, 11) is 0. The fourth-order valence-corrected chi connectivity index (χ4v) is 3.17. The molecule has 0 saturated heterocycles. The maximum atomic E-state index is 12.4. The molecule has 0 aromatic heterocycles. The molecule has 0 spiro atoms. The maximum absolute atomic E-state index is 12.4. The summed E-state index contributed by atoms with van der Waals surface area (Å²) in [4.78, 5) is 24.7. The van der Waals surface area contributed by atoms with Crippen LogP contribution in [0.3, 0.4) is 0 Å². The Morgan fingerprint density at radius 1 is 0.923 bits per heavy atom. The van der Waals surface area contributed by atoms with Crippen LogP contribution in [-0.2, 0) is 4.79 Å². The van der Waals surface area contributed by atoms with Crippen LogP contribution in [0.15, 0.2) is 30.3 Å². The summed E-state index contributed by atoms with van der Waals surface area (Å²) in [5, 5.41) is 2.93. The summed E-state index contributed by atoms with van der Waals surface area (Å²) < 4.78 is 11.0. The maximum Gasteiger partial charge on any atom is 0.224 e. The molecule has 0 radical (unpaired) electrons. The van der Waals surface area contributed by atoms with Gasteiger partial charge in [-0.3, -0.25) is 9.59 Å². The third-order valence-electron chi connectivity index (χ3n) is 4.38. The number of hydrogen-bond acceptors (Lipinski definition) is 4. The predicted molar refractivity (Wildman–Crippen MR) is 100 cm³/mol. The quantitative estimate of drug-likeness (QED) is 0.826. The van der Waals surface area contributed by atoms with Gasteiger partial charge in [0.15, 0.2) is 17.3 Å². The smallest absolute Gasteiger partial charge is 0.224 e. The molecule has 26 heavy (non-hydrogen) atoms. The topological polar surface area (TPSA) is 64.6 Å². The normalized spacial score (nSPS) is 12.6. The first-order valence-electron chi connectivity index (χ1n) is 8.74. The molecule has 1 heterocycles. The molecule has 5 heteroatoms. The number of benzene rings is 2. The second-order valence-electron chi connectivity index (χ2n) is 6.60. The van der Waals surface area contributed by atoms with E-state index in [1.165, 1.54) is 0 Å². The van der Waals surface area contributed by atoms with E-state index in [9.17, 15) is 9.59 Å². The molecule has 5 nitrogen and oxygen atoms in total. The van der Waals surface area contributed by atoms with Crippen LogP contribution in [-0.4, -0.2) is 24.9 Å². The van der Waals surface area contributed by atoms with Crippen LogP contribution < -0.4 is 14.8 Å². The number of aryl methyl sites for hydroxylation is 3. The number of carbonyl (C=O) groups is 2. The minimum absolute atomic E-state index is 0.0885. The summed E-state index contributed by atoms with van der Waals surface area (Å²) in [5.74, 6) is 0.980. The van der Waals surface area contributed by atoms with E-state index in [-0.39, 0.29) is 24.5 Å². The van der Waals surface area contributed by atoms with E-state index in [0.717, 1.165) is 22.4 Å². The van der Waals surface area contributed by atoms with Gasteiger partial charge in [0.2, 0.25) is 5.91 Å². The van der Waals surface area contributed by atoms with Crippen LogP contribution in [0, 0.1) is 20.8 Å². The number of ether oxygens (including phenoxy) is 2. The van der Waals surface area contributed by atoms with Crippen LogP contribution in [0.4, 0.5) is 5.69 Å². The van der Waals surface area contributed by atoms with Gasteiger partial charge in [-0.05, 0) is 50.1 Å². The molecular formula is C21H23NO4. The number of anilines is 1. The van der Waals surface area contributed by atoms with E-state index in [4.69, 9.17) is 9.47 Å². The van der Waals surface area contributed by atoms with Crippen LogP contribution in [0.2, 0.25) is 0 Å². The summed E-state index contributed by atoms with van der Waals surface area (Å²) >= 11 is 0. The van der Waals surface area contributed by atoms with Gasteiger partial charge in [0, 0.05) is 24.1 Å². The molecule has 2 aromatic carbocycles. The highest BCUT2D eigenvalue weighted by Gasteiger charge is 2.16. The molecule has 1 amide bonds. The van der Waals surface area contributed by atoms with Crippen molar-refractivity contribution in [2.24, 2.45) is 0 Å². The summed E-state index contributed by atoms with van der Waals surface area (Å²) in [6, 6.07) is 9.19. The molecule has 0 saturated carbocycles. The van der Waals surface area contributed by atoms with Crippen molar-refractivity contribution in [3.8, 4) is 11.5 Å². The number of hydrogen-bond donors (Lipinski definition) is 1. The van der Waals surface area contributed by atoms with Crippen molar-refractivity contribution in [2.45, 2.75) is 33.6 Å². The van der Waals surface area contributed by atoms with Crippen molar-refractivity contribution in [3.05, 3.63) is 52.6 Å². The van der Waals surface area contributed by atoms with Crippen molar-refractivity contribution in [1.29, 1.82) is 0 Å². The molecule has 0 aliphatic carbocycles. The molecule has 1 aliphatic heterocycles. The Hall–Kier alpha value is -2.82. The van der Waals surface area contributed by atoms with E-state index in [0.29, 0.717) is 30.3 Å². The molecule has 0 bridgehead atoms. The van der Waals surface area contributed by atoms with Crippen LogP contribution >= 0.6 is 0 Å². The molecule has 3 rings (SSSR count). The van der Waals surface area contributed by atoms with Gasteiger partial charge < -0.3 is 14.8 Å². The zero-order valence-electron chi connectivity index (χ0n) is 15.3. The van der Waals surface area contributed by atoms with Gasteiger partial charge in [0.25, 0.3) is 0 Å². The van der Waals surface area contributed by atoms with Gasteiger partial charge in [-0.25, -0.2) is 0 Å². The highest BCUT2D eigenvalue weighted by molar-refractivity contribution is 6.00. The zero-order chi connectivity index (χ0) is 18.7. The first-order valence-corrected chi connectivity index (χ1v) is 8.74. The SMILES string of the molecule is Cc1cc(C)c(NC(=O)CCC(=O)c2ccc3c(c2)OCCO3)c(C)c1. The van der Waals surface area contributed by atoms with Crippen molar-refractivity contribution in [3.63, 3.8) is 0 Å². The average Bonchev–Trinajstić information content (AvgIpc) is 2.62. The van der Waals surface area contributed by atoms with Crippen molar-refractivity contribution >= 4 is 17.4 Å². The molecular weight excluding hydrogens is 330 g/mol. The molecule has 1 aliphatic rings. The highest BCUT2D eigenvalue weighted by atomic mass is 16.6. The van der Waals surface area contributed by atoms with Gasteiger partial charge in [-0.2, -0.15) is 0 Å². The lowest BCUT2D eigenvalue weighted by atomic mass is 10.0. The standard InChI is InChI=1S/C21H23NO4/c1-13-10-14(2)21(15(3)11-13)22-20(24)7-5-17(23)16-4-6-18-19(12-16)26-9-8-25-18/h4,6,10-12H,5,7-9H2,1-3H3,(H,22,24). The number of amides is 1. The number of Topliss-reactive ketones (excluding diaryl/α,β-unsaturated/α-hetero) is 1.